The summed E-state index contributed by atoms with van der Waals surface area (Å²) < 4.78 is 11.2. The van der Waals surface area contributed by atoms with Crippen molar-refractivity contribution < 1.29 is 9.47 Å². The van der Waals surface area contributed by atoms with E-state index in [1.165, 1.54) is 11.1 Å². The number of halogens is 1. The lowest BCUT2D eigenvalue weighted by Gasteiger charge is -2.27. The van der Waals surface area contributed by atoms with Crippen molar-refractivity contribution in [3.05, 3.63) is 35.4 Å². The maximum atomic E-state index is 5.81. The summed E-state index contributed by atoms with van der Waals surface area (Å²) in [6.45, 7) is 11.7. The van der Waals surface area contributed by atoms with Gasteiger partial charge in [-0.1, -0.05) is 43.7 Å². The van der Waals surface area contributed by atoms with Gasteiger partial charge < -0.3 is 20.1 Å². The van der Waals surface area contributed by atoms with E-state index in [9.17, 15) is 0 Å². The molecule has 160 valence electrons. The van der Waals surface area contributed by atoms with E-state index < -0.39 is 0 Å². The summed E-state index contributed by atoms with van der Waals surface area (Å²) in [6.07, 6.45) is 3.24. The number of nitrogens with zero attached hydrogens (tertiary/aromatic N) is 1. The molecule has 1 fully saturated rings. The van der Waals surface area contributed by atoms with Gasteiger partial charge in [-0.2, -0.15) is 0 Å². The Morgan fingerprint density at radius 3 is 2.50 bits per heavy atom. The molecule has 2 N–H and O–H groups in total. The predicted molar refractivity (Wildman–Crippen MR) is 128 cm³/mol. The standard InChI is InChI=1S/C22H37N3O2.HI/c1-18-6-8-20(9-7-18)22(2,3)17-25-21(23-4)24-12-5-13-27-16-19-10-14-26-15-11-19;/h6-9,19H,5,10-17H2,1-4H3,(H2,23,24,25);1H. The van der Waals surface area contributed by atoms with Crippen molar-refractivity contribution >= 4 is 29.9 Å². The topological polar surface area (TPSA) is 54.9 Å². The van der Waals surface area contributed by atoms with E-state index in [4.69, 9.17) is 9.47 Å². The third-order valence-corrected chi connectivity index (χ3v) is 5.21. The van der Waals surface area contributed by atoms with E-state index in [0.717, 1.165) is 64.7 Å². The predicted octanol–water partition coefficient (Wildman–Crippen LogP) is 3.89. The minimum Gasteiger partial charge on any atom is -0.381 e. The van der Waals surface area contributed by atoms with Gasteiger partial charge in [-0.3, -0.25) is 4.99 Å². The second-order valence-electron chi connectivity index (χ2n) is 8.09. The monoisotopic (exact) mass is 503 g/mol. The van der Waals surface area contributed by atoms with Crippen LogP contribution in [0.4, 0.5) is 0 Å². The average molecular weight is 503 g/mol. The highest BCUT2D eigenvalue weighted by Gasteiger charge is 2.20. The summed E-state index contributed by atoms with van der Waals surface area (Å²) in [4.78, 5) is 4.33. The van der Waals surface area contributed by atoms with Crippen LogP contribution in [0.1, 0.15) is 44.2 Å². The smallest absolute Gasteiger partial charge is 0.191 e. The zero-order valence-corrected chi connectivity index (χ0v) is 20.3. The van der Waals surface area contributed by atoms with Gasteiger partial charge in [0.15, 0.2) is 5.96 Å². The lowest BCUT2D eigenvalue weighted by Crippen LogP contribution is -2.43. The van der Waals surface area contributed by atoms with Gasteiger partial charge in [0.2, 0.25) is 0 Å². The van der Waals surface area contributed by atoms with Crippen molar-refractivity contribution in [2.24, 2.45) is 10.9 Å². The van der Waals surface area contributed by atoms with Crippen LogP contribution >= 0.6 is 24.0 Å². The van der Waals surface area contributed by atoms with Gasteiger partial charge in [0.05, 0.1) is 0 Å². The van der Waals surface area contributed by atoms with Crippen molar-refractivity contribution in [3.63, 3.8) is 0 Å². The van der Waals surface area contributed by atoms with Crippen molar-refractivity contribution in [3.8, 4) is 0 Å². The normalized spacial score (nSPS) is 15.8. The van der Waals surface area contributed by atoms with Gasteiger partial charge in [0.1, 0.15) is 0 Å². The molecular formula is C22H38IN3O2. The Balaban J connectivity index is 0.00000392. The molecule has 1 heterocycles. The van der Waals surface area contributed by atoms with E-state index in [2.05, 4.69) is 60.7 Å². The maximum Gasteiger partial charge on any atom is 0.191 e. The van der Waals surface area contributed by atoms with Crippen molar-refractivity contribution in [2.75, 3.05) is 46.6 Å². The fourth-order valence-electron chi connectivity index (χ4n) is 3.18. The van der Waals surface area contributed by atoms with Crippen molar-refractivity contribution in [1.82, 2.24) is 10.6 Å². The Kier molecular flexibility index (Phi) is 12.0. The fourth-order valence-corrected chi connectivity index (χ4v) is 3.18. The summed E-state index contributed by atoms with van der Waals surface area (Å²) in [5.74, 6) is 1.52. The number of benzene rings is 1. The Morgan fingerprint density at radius 2 is 1.86 bits per heavy atom. The molecule has 0 bridgehead atoms. The molecule has 6 heteroatoms. The fraction of sp³-hybridized carbons (Fsp3) is 0.682. The summed E-state index contributed by atoms with van der Waals surface area (Å²) >= 11 is 0. The SMILES string of the molecule is CN=C(NCCCOCC1CCOCC1)NCC(C)(C)c1ccc(C)cc1.I. The first-order chi connectivity index (χ1) is 13.0. The first-order valence-corrected chi connectivity index (χ1v) is 10.2. The minimum atomic E-state index is 0. The Hall–Kier alpha value is -0.860. The molecule has 0 aliphatic carbocycles. The van der Waals surface area contributed by atoms with Crippen LogP contribution in [-0.4, -0.2) is 52.5 Å². The minimum absolute atomic E-state index is 0. The van der Waals surface area contributed by atoms with E-state index in [-0.39, 0.29) is 29.4 Å². The summed E-state index contributed by atoms with van der Waals surface area (Å²) in [5.41, 5.74) is 2.66. The third kappa shape index (κ3) is 9.09. The average Bonchev–Trinajstić information content (AvgIpc) is 2.68. The van der Waals surface area contributed by atoms with Crippen LogP contribution in [0.3, 0.4) is 0 Å². The lowest BCUT2D eigenvalue weighted by molar-refractivity contribution is 0.0203. The van der Waals surface area contributed by atoms with Crippen molar-refractivity contribution in [1.29, 1.82) is 0 Å². The van der Waals surface area contributed by atoms with Gasteiger partial charge in [0, 0.05) is 52.0 Å². The zero-order chi connectivity index (χ0) is 19.5. The molecule has 28 heavy (non-hydrogen) atoms. The number of aliphatic imine (C=N–C) groups is 1. The molecule has 0 aromatic heterocycles. The van der Waals surface area contributed by atoms with E-state index in [1.54, 1.807) is 0 Å². The van der Waals surface area contributed by atoms with E-state index in [0.29, 0.717) is 5.92 Å². The molecule has 1 aliphatic rings. The first kappa shape index (κ1) is 25.2. The van der Waals surface area contributed by atoms with Gasteiger partial charge >= 0.3 is 0 Å². The van der Waals surface area contributed by atoms with Gasteiger partial charge in [-0.25, -0.2) is 0 Å². The van der Waals surface area contributed by atoms with Gasteiger partial charge in [-0.15, -0.1) is 24.0 Å². The number of aryl methyl sites for hydroxylation is 1. The third-order valence-electron chi connectivity index (χ3n) is 5.21. The molecule has 0 spiro atoms. The van der Waals surface area contributed by atoms with Gasteiger partial charge in [-0.05, 0) is 37.7 Å². The highest BCUT2D eigenvalue weighted by atomic mass is 127. The quantitative estimate of drug-likeness (QED) is 0.233. The molecule has 0 saturated carbocycles. The molecule has 1 aliphatic heterocycles. The van der Waals surface area contributed by atoms with Gasteiger partial charge in [0.25, 0.3) is 0 Å². The van der Waals surface area contributed by atoms with E-state index >= 15 is 0 Å². The second-order valence-corrected chi connectivity index (χ2v) is 8.09. The molecular weight excluding hydrogens is 465 g/mol. The second kappa shape index (κ2) is 13.4. The summed E-state index contributed by atoms with van der Waals surface area (Å²) in [7, 11) is 1.82. The molecule has 1 aromatic carbocycles. The largest absolute Gasteiger partial charge is 0.381 e. The summed E-state index contributed by atoms with van der Waals surface area (Å²) in [5, 5.41) is 6.83. The number of hydrogen-bond donors (Lipinski definition) is 2. The van der Waals surface area contributed by atoms with Crippen LogP contribution in [0, 0.1) is 12.8 Å². The number of rotatable bonds is 9. The van der Waals surface area contributed by atoms with Crippen LogP contribution in [-0.2, 0) is 14.9 Å². The number of guanidine groups is 1. The van der Waals surface area contributed by atoms with Crippen LogP contribution in [0.25, 0.3) is 0 Å². The first-order valence-electron chi connectivity index (χ1n) is 10.2. The van der Waals surface area contributed by atoms with Crippen LogP contribution in [0.2, 0.25) is 0 Å². The molecule has 5 nitrogen and oxygen atoms in total. The molecule has 0 radical (unpaired) electrons. The van der Waals surface area contributed by atoms with E-state index in [1.807, 2.05) is 7.05 Å². The highest BCUT2D eigenvalue weighted by molar-refractivity contribution is 14.0. The lowest BCUT2D eigenvalue weighted by atomic mass is 9.84. The number of hydrogen-bond acceptors (Lipinski definition) is 3. The Bertz CT molecular complexity index is 570. The van der Waals surface area contributed by atoms with Crippen molar-refractivity contribution in [2.45, 2.75) is 45.4 Å². The molecule has 1 aromatic rings. The molecule has 0 atom stereocenters. The molecule has 1 saturated heterocycles. The Morgan fingerprint density at radius 1 is 1.18 bits per heavy atom. The molecule has 2 rings (SSSR count). The number of nitrogens with one attached hydrogen (secondary N) is 2. The number of ether oxygens (including phenoxy) is 2. The molecule has 0 unspecified atom stereocenters. The highest BCUT2D eigenvalue weighted by Crippen LogP contribution is 2.22. The zero-order valence-electron chi connectivity index (χ0n) is 17.9. The Labute approximate surface area is 188 Å². The maximum absolute atomic E-state index is 5.81. The molecule has 0 amide bonds. The van der Waals surface area contributed by atoms with Crippen LogP contribution < -0.4 is 10.6 Å². The summed E-state index contributed by atoms with van der Waals surface area (Å²) in [6, 6.07) is 8.76. The van der Waals surface area contributed by atoms with Crippen LogP contribution in [0.5, 0.6) is 0 Å². The van der Waals surface area contributed by atoms with Crippen LogP contribution in [0.15, 0.2) is 29.3 Å².